The second-order valence-electron chi connectivity index (χ2n) is 3.74. The molecule has 78 valence electrons. The average Bonchev–Trinajstić information content (AvgIpc) is 2.30. The number of fused-ring (bicyclic) bond motifs is 1. The molecule has 0 saturated heterocycles. The predicted molar refractivity (Wildman–Crippen MR) is 63.9 cm³/mol. The number of unbranched alkanes of at least 4 members (excludes halogenated alkanes) is 1. The third kappa shape index (κ3) is 2.27. The molecular formula is C13H17N2+. The van der Waals surface area contributed by atoms with E-state index in [2.05, 4.69) is 41.5 Å². The van der Waals surface area contributed by atoms with Crippen LogP contribution in [0.3, 0.4) is 0 Å². The number of aromatic nitrogens is 1. The minimum Gasteiger partial charge on any atom is -0.380 e. The molecule has 0 radical (unpaired) electrons. The summed E-state index contributed by atoms with van der Waals surface area (Å²) in [6.45, 7) is 3.25. The van der Waals surface area contributed by atoms with E-state index in [0.29, 0.717) is 0 Å². The maximum Gasteiger partial charge on any atom is 0.191 e. The first-order valence-corrected chi connectivity index (χ1v) is 5.54. The zero-order valence-corrected chi connectivity index (χ0v) is 9.09. The third-order valence-corrected chi connectivity index (χ3v) is 2.56. The van der Waals surface area contributed by atoms with E-state index in [1.54, 1.807) is 0 Å². The van der Waals surface area contributed by atoms with Crippen molar-refractivity contribution in [3.05, 3.63) is 36.7 Å². The fourth-order valence-corrected chi connectivity index (χ4v) is 1.71. The number of anilines is 1. The van der Waals surface area contributed by atoms with Gasteiger partial charge in [-0.3, -0.25) is 0 Å². The van der Waals surface area contributed by atoms with Crippen LogP contribution in [-0.4, -0.2) is 6.54 Å². The van der Waals surface area contributed by atoms with Crippen LogP contribution < -0.4 is 10.3 Å². The summed E-state index contributed by atoms with van der Waals surface area (Å²) in [6, 6.07) is 8.41. The summed E-state index contributed by atoms with van der Waals surface area (Å²) in [5, 5.41) is 5.99. The van der Waals surface area contributed by atoms with Crippen molar-refractivity contribution in [1.29, 1.82) is 0 Å². The zero-order valence-electron chi connectivity index (χ0n) is 9.09. The van der Waals surface area contributed by atoms with E-state index < -0.39 is 0 Å². The predicted octanol–water partition coefficient (Wildman–Crippen LogP) is 2.87. The molecule has 2 N–H and O–H groups in total. The Bertz CT molecular complexity index is 432. The number of pyridine rings is 1. The van der Waals surface area contributed by atoms with Crippen molar-refractivity contribution in [3.8, 4) is 0 Å². The Morgan fingerprint density at radius 1 is 1.20 bits per heavy atom. The number of H-pyrrole nitrogens is 1. The van der Waals surface area contributed by atoms with Gasteiger partial charge in [0.15, 0.2) is 12.4 Å². The number of rotatable bonds is 4. The molecule has 2 heteroatoms. The van der Waals surface area contributed by atoms with Crippen molar-refractivity contribution >= 4 is 16.5 Å². The topological polar surface area (TPSA) is 26.2 Å². The first kappa shape index (κ1) is 9.97. The van der Waals surface area contributed by atoms with E-state index in [1.165, 1.54) is 29.3 Å². The highest BCUT2D eigenvalue weighted by molar-refractivity contribution is 5.91. The standard InChI is InChI=1S/C13H16N2/c1-2-3-8-15-13-10-14-9-11-6-4-5-7-12(11)13/h4-7,9-10,15H,2-3,8H2,1H3/p+1. The molecular weight excluding hydrogens is 184 g/mol. The van der Waals surface area contributed by atoms with Crippen LogP contribution in [0.1, 0.15) is 19.8 Å². The molecule has 1 aromatic heterocycles. The fourth-order valence-electron chi connectivity index (χ4n) is 1.71. The highest BCUT2D eigenvalue weighted by atomic mass is 14.9. The Morgan fingerprint density at radius 3 is 2.93 bits per heavy atom. The first-order chi connectivity index (χ1) is 7.42. The third-order valence-electron chi connectivity index (χ3n) is 2.56. The van der Waals surface area contributed by atoms with Gasteiger partial charge in [0, 0.05) is 17.3 Å². The van der Waals surface area contributed by atoms with Gasteiger partial charge in [0.1, 0.15) is 5.69 Å². The molecule has 2 nitrogen and oxygen atoms in total. The number of hydrogen-bond donors (Lipinski definition) is 1. The van der Waals surface area contributed by atoms with Crippen molar-refractivity contribution in [2.24, 2.45) is 0 Å². The van der Waals surface area contributed by atoms with Gasteiger partial charge in [-0.05, 0) is 12.5 Å². The Balaban J connectivity index is 2.26. The van der Waals surface area contributed by atoms with Crippen molar-refractivity contribution in [2.75, 3.05) is 11.9 Å². The molecule has 0 aliphatic carbocycles. The van der Waals surface area contributed by atoms with Gasteiger partial charge in [0.25, 0.3) is 0 Å². The number of benzene rings is 1. The van der Waals surface area contributed by atoms with E-state index in [9.17, 15) is 0 Å². The van der Waals surface area contributed by atoms with E-state index >= 15 is 0 Å². The van der Waals surface area contributed by atoms with E-state index in [0.717, 1.165) is 6.54 Å². The Hall–Kier alpha value is -1.57. The number of aromatic amines is 1. The average molecular weight is 201 g/mol. The highest BCUT2D eigenvalue weighted by Crippen LogP contribution is 2.19. The maximum absolute atomic E-state index is 3.46. The minimum absolute atomic E-state index is 1.04. The van der Waals surface area contributed by atoms with Crippen LogP contribution in [0.5, 0.6) is 0 Å². The van der Waals surface area contributed by atoms with Crippen LogP contribution in [0, 0.1) is 0 Å². The molecule has 0 fully saturated rings. The molecule has 0 atom stereocenters. The van der Waals surface area contributed by atoms with E-state index in [-0.39, 0.29) is 0 Å². The lowest BCUT2D eigenvalue weighted by atomic mass is 10.1. The van der Waals surface area contributed by atoms with Crippen molar-refractivity contribution in [1.82, 2.24) is 0 Å². The van der Waals surface area contributed by atoms with Crippen molar-refractivity contribution < 1.29 is 4.98 Å². The summed E-state index contributed by atoms with van der Waals surface area (Å²) in [6.07, 6.45) is 6.49. The van der Waals surface area contributed by atoms with Crippen LogP contribution in [0.15, 0.2) is 36.7 Å². The molecule has 0 aliphatic heterocycles. The molecule has 0 unspecified atom stereocenters. The molecule has 2 rings (SSSR count). The summed E-state index contributed by atoms with van der Waals surface area (Å²) in [5.41, 5.74) is 1.20. The smallest absolute Gasteiger partial charge is 0.191 e. The van der Waals surface area contributed by atoms with E-state index in [4.69, 9.17) is 0 Å². The van der Waals surface area contributed by atoms with Crippen LogP contribution in [-0.2, 0) is 0 Å². The van der Waals surface area contributed by atoms with Gasteiger partial charge in [-0.15, -0.1) is 0 Å². The number of nitrogens with one attached hydrogen (secondary N) is 2. The molecule has 15 heavy (non-hydrogen) atoms. The molecule has 0 bridgehead atoms. The summed E-state index contributed by atoms with van der Waals surface area (Å²) in [4.78, 5) is 3.17. The largest absolute Gasteiger partial charge is 0.380 e. The lowest BCUT2D eigenvalue weighted by Gasteiger charge is -2.05. The second kappa shape index (κ2) is 4.78. The highest BCUT2D eigenvalue weighted by Gasteiger charge is 2.02. The van der Waals surface area contributed by atoms with Crippen LogP contribution in [0.4, 0.5) is 5.69 Å². The van der Waals surface area contributed by atoms with E-state index in [1.807, 2.05) is 12.4 Å². The van der Waals surface area contributed by atoms with Crippen molar-refractivity contribution in [2.45, 2.75) is 19.8 Å². The first-order valence-electron chi connectivity index (χ1n) is 5.54. The second-order valence-corrected chi connectivity index (χ2v) is 3.74. The molecule has 0 aliphatic rings. The molecule has 0 amide bonds. The molecule has 0 saturated carbocycles. The normalized spacial score (nSPS) is 10.5. The fraction of sp³-hybridized carbons (Fsp3) is 0.308. The summed E-state index contributed by atoms with van der Waals surface area (Å²) in [5.74, 6) is 0. The Kier molecular flexibility index (Phi) is 3.18. The van der Waals surface area contributed by atoms with Gasteiger partial charge < -0.3 is 5.32 Å². The van der Waals surface area contributed by atoms with Gasteiger partial charge in [-0.1, -0.05) is 31.5 Å². The summed E-state index contributed by atoms with van der Waals surface area (Å²) in [7, 11) is 0. The van der Waals surface area contributed by atoms with Crippen LogP contribution >= 0.6 is 0 Å². The van der Waals surface area contributed by atoms with Gasteiger partial charge >= 0.3 is 0 Å². The van der Waals surface area contributed by atoms with Gasteiger partial charge in [0.2, 0.25) is 0 Å². The SMILES string of the molecule is CCCCNc1c[nH+]cc2ccccc12. The van der Waals surface area contributed by atoms with Gasteiger partial charge in [-0.2, -0.15) is 0 Å². The van der Waals surface area contributed by atoms with Crippen molar-refractivity contribution in [3.63, 3.8) is 0 Å². The molecule has 2 aromatic rings. The summed E-state index contributed by atoms with van der Waals surface area (Å²) >= 11 is 0. The quantitative estimate of drug-likeness (QED) is 0.756. The zero-order chi connectivity index (χ0) is 10.5. The number of hydrogen-bond acceptors (Lipinski definition) is 1. The van der Waals surface area contributed by atoms with Gasteiger partial charge in [-0.25, -0.2) is 4.98 Å². The molecule has 1 heterocycles. The Labute approximate surface area is 90.3 Å². The minimum atomic E-state index is 1.04. The Morgan fingerprint density at radius 2 is 2.07 bits per heavy atom. The monoisotopic (exact) mass is 201 g/mol. The van der Waals surface area contributed by atoms with Crippen LogP contribution in [0.2, 0.25) is 0 Å². The molecule has 1 aromatic carbocycles. The summed E-state index contributed by atoms with van der Waals surface area (Å²) < 4.78 is 0. The van der Waals surface area contributed by atoms with Crippen LogP contribution in [0.25, 0.3) is 10.8 Å². The lowest BCUT2D eigenvalue weighted by molar-refractivity contribution is -0.374. The van der Waals surface area contributed by atoms with Gasteiger partial charge in [0.05, 0.1) is 0 Å². The molecule has 0 spiro atoms. The lowest BCUT2D eigenvalue weighted by Crippen LogP contribution is -2.07. The maximum atomic E-state index is 3.46.